The Hall–Kier alpha value is -2.79. The second kappa shape index (κ2) is 6.84. The number of rotatable bonds is 3. The van der Waals surface area contributed by atoms with Crippen LogP contribution >= 0.6 is 15.9 Å². The van der Waals surface area contributed by atoms with Crippen molar-refractivity contribution in [2.45, 2.75) is 0 Å². The van der Waals surface area contributed by atoms with Crippen molar-refractivity contribution in [3.8, 4) is 22.4 Å². The summed E-state index contributed by atoms with van der Waals surface area (Å²) in [6, 6.07) is 18.7. The van der Waals surface area contributed by atoms with Crippen LogP contribution in [0.4, 0.5) is 5.69 Å². The third-order valence-electron chi connectivity index (χ3n) is 4.30. The van der Waals surface area contributed by atoms with Gasteiger partial charge in [0.15, 0.2) is 5.65 Å². The van der Waals surface area contributed by atoms with E-state index in [1.807, 2.05) is 32.4 Å². The van der Waals surface area contributed by atoms with Crippen molar-refractivity contribution >= 4 is 32.7 Å². The maximum atomic E-state index is 4.75. The Kier molecular flexibility index (Phi) is 4.39. The normalized spacial score (nSPS) is 10.9. The quantitative estimate of drug-likeness (QED) is 0.471. The highest BCUT2D eigenvalue weighted by atomic mass is 79.9. The first-order chi connectivity index (χ1) is 12.6. The van der Waals surface area contributed by atoms with Crippen LogP contribution in [0.25, 0.3) is 33.4 Å². The van der Waals surface area contributed by atoms with Gasteiger partial charge < -0.3 is 4.90 Å². The van der Waals surface area contributed by atoms with Crippen LogP contribution in [-0.2, 0) is 0 Å². The molecule has 0 bridgehead atoms. The first-order valence-electron chi connectivity index (χ1n) is 8.26. The fraction of sp³-hybridized carbons (Fsp3) is 0.0952. The van der Waals surface area contributed by atoms with E-state index in [1.54, 1.807) is 6.33 Å². The van der Waals surface area contributed by atoms with Crippen LogP contribution in [0.15, 0.2) is 71.6 Å². The van der Waals surface area contributed by atoms with Gasteiger partial charge in [-0.1, -0.05) is 40.2 Å². The zero-order chi connectivity index (χ0) is 18.1. The van der Waals surface area contributed by atoms with Gasteiger partial charge in [-0.25, -0.2) is 15.0 Å². The highest BCUT2D eigenvalue weighted by molar-refractivity contribution is 9.10. The van der Waals surface area contributed by atoms with Gasteiger partial charge >= 0.3 is 0 Å². The Morgan fingerprint density at radius 3 is 2.46 bits per heavy atom. The smallest absolute Gasteiger partial charge is 0.163 e. The number of nitrogens with zero attached hydrogens (tertiary/aromatic N) is 4. The van der Waals surface area contributed by atoms with Crippen molar-refractivity contribution in [3.05, 3.63) is 71.6 Å². The molecule has 128 valence electrons. The van der Waals surface area contributed by atoms with E-state index in [4.69, 9.17) is 4.98 Å². The van der Waals surface area contributed by atoms with Crippen molar-refractivity contribution in [3.63, 3.8) is 0 Å². The predicted octanol–water partition coefficient (Wildman–Crippen LogP) is 5.19. The summed E-state index contributed by atoms with van der Waals surface area (Å²) in [7, 11) is 4.07. The molecule has 0 saturated heterocycles. The number of benzene rings is 2. The molecule has 4 aromatic rings. The van der Waals surface area contributed by atoms with Gasteiger partial charge in [0, 0.05) is 41.4 Å². The fourth-order valence-corrected chi connectivity index (χ4v) is 3.34. The molecular weight excluding hydrogens is 388 g/mol. The highest BCUT2D eigenvalue weighted by Gasteiger charge is 2.11. The zero-order valence-electron chi connectivity index (χ0n) is 14.5. The molecule has 0 radical (unpaired) electrons. The number of fused-ring (bicyclic) bond motifs is 1. The van der Waals surface area contributed by atoms with Gasteiger partial charge in [-0.15, -0.1) is 0 Å². The SMILES string of the molecule is CN(C)c1ccc(-c2cc(-c3cccc(Br)c3)c3cncnc3n2)cc1. The molecule has 2 aromatic heterocycles. The average molecular weight is 405 g/mol. The number of halogens is 1. The first-order valence-corrected chi connectivity index (χ1v) is 9.05. The van der Waals surface area contributed by atoms with Crippen molar-refractivity contribution in [2.75, 3.05) is 19.0 Å². The summed E-state index contributed by atoms with van der Waals surface area (Å²) in [5.41, 5.74) is 5.99. The first kappa shape index (κ1) is 16.7. The Morgan fingerprint density at radius 2 is 1.73 bits per heavy atom. The van der Waals surface area contributed by atoms with E-state index in [9.17, 15) is 0 Å². The molecular formula is C21H17BrN4. The van der Waals surface area contributed by atoms with Crippen molar-refractivity contribution in [1.29, 1.82) is 0 Å². The van der Waals surface area contributed by atoms with E-state index < -0.39 is 0 Å². The number of hydrogen-bond donors (Lipinski definition) is 0. The third kappa shape index (κ3) is 3.18. The lowest BCUT2D eigenvalue weighted by molar-refractivity contribution is 1.13. The molecule has 2 aromatic carbocycles. The lowest BCUT2D eigenvalue weighted by atomic mass is 10.0. The summed E-state index contributed by atoms with van der Waals surface area (Å²) in [5.74, 6) is 0. The molecule has 0 N–H and O–H groups in total. The third-order valence-corrected chi connectivity index (χ3v) is 4.80. The molecule has 0 spiro atoms. The van der Waals surface area contributed by atoms with Gasteiger partial charge in [-0.05, 0) is 41.5 Å². The molecule has 0 aliphatic heterocycles. The molecule has 0 aliphatic rings. The van der Waals surface area contributed by atoms with Crippen LogP contribution in [0.2, 0.25) is 0 Å². The molecule has 0 unspecified atom stereocenters. The number of aromatic nitrogens is 3. The fourth-order valence-electron chi connectivity index (χ4n) is 2.94. The van der Waals surface area contributed by atoms with Crippen LogP contribution in [0.5, 0.6) is 0 Å². The van der Waals surface area contributed by atoms with Gasteiger partial charge in [0.1, 0.15) is 6.33 Å². The van der Waals surface area contributed by atoms with E-state index in [0.29, 0.717) is 5.65 Å². The lowest BCUT2D eigenvalue weighted by Crippen LogP contribution is -2.07. The zero-order valence-corrected chi connectivity index (χ0v) is 16.1. The molecule has 26 heavy (non-hydrogen) atoms. The van der Waals surface area contributed by atoms with E-state index in [1.165, 1.54) is 0 Å². The predicted molar refractivity (Wildman–Crippen MR) is 110 cm³/mol. The Balaban J connectivity index is 1.91. The molecule has 0 amide bonds. The second-order valence-electron chi connectivity index (χ2n) is 6.27. The maximum Gasteiger partial charge on any atom is 0.163 e. The van der Waals surface area contributed by atoms with E-state index in [-0.39, 0.29) is 0 Å². The van der Waals surface area contributed by atoms with Gasteiger partial charge in [0.25, 0.3) is 0 Å². The summed E-state index contributed by atoms with van der Waals surface area (Å²) in [5, 5.41) is 0.944. The van der Waals surface area contributed by atoms with Crippen molar-refractivity contribution in [2.24, 2.45) is 0 Å². The maximum absolute atomic E-state index is 4.75. The Morgan fingerprint density at radius 1 is 0.923 bits per heavy atom. The van der Waals surface area contributed by atoms with E-state index in [2.05, 4.69) is 73.3 Å². The minimum Gasteiger partial charge on any atom is -0.378 e. The molecule has 0 saturated carbocycles. The van der Waals surface area contributed by atoms with E-state index >= 15 is 0 Å². The van der Waals surface area contributed by atoms with Gasteiger partial charge in [-0.2, -0.15) is 0 Å². The van der Waals surface area contributed by atoms with Crippen LogP contribution in [0.3, 0.4) is 0 Å². The Bertz CT molecular complexity index is 1070. The van der Waals surface area contributed by atoms with Crippen LogP contribution in [-0.4, -0.2) is 29.0 Å². The number of pyridine rings is 1. The average Bonchev–Trinajstić information content (AvgIpc) is 2.67. The molecule has 0 aliphatic carbocycles. The molecule has 4 nitrogen and oxygen atoms in total. The minimum atomic E-state index is 0.698. The number of hydrogen-bond acceptors (Lipinski definition) is 4. The molecule has 5 heteroatoms. The molecule has 0 fully saturated rings. The van der Waals surface area contributed by atoms with Gasteiger partial charge in [0.05, 0.1) is 5.69 Å². The summed E-state index contributed by atoms with van der Waals surface area (Å²) >= 11 is 3.56. The molecule has 0 atom stereocenters. The number of anilines is 1. The van der Waals surface area contributed by atoms with Gasteiger partial charge in [0.2, 0.25) is 0 Å². The van der Waals surface area contributed by atoms with Crippen LogP contribution in [0.1, 0.15) is 0 Å². The van der Waals surface area contributed by atoms with Crippen molar-refractivity contribution in [1.82, 2.24) is 15.0 Å². The summed E-state index contributed by atoms with van der Waals surface area (Å²) in [4.78, 5) is 15.4. The Labute approximate surface area is 160 Å². The largest absolute Gasteiger partial charge is 0.378 e. The minimum absolute atomic E-state index is 0.698. The summed E-state index contributed by atoms with van der Waals surface area (Å²) in [6.45, 7) is 0. The molecule has 2 heterocycles. The topological polar surface area (TPSA) is 41.9 Å². The summed E-state index contributed by atoms with van der Waals surface area (Å²) in [6.07, 6.45) is 3.36. The van der Waals surface area contributed by atoms with E-state index in [0.717, 1.165) is 37.9 Å². The highest BCUT2D eigenvalue weighted by Crippen LogP contribution is 2.32. The van der Waals surface area contributed by atoms with Gasteiger partial charge in [-0.3, -0.25) is 0 Å². The van der Waals surface area contributed by atoms with Crippen LogP contribution in [0, 0.1) is 0 Å². The molecule has 4 rings (SSSR count). The van der Waals surface area contributed by atoms with Crippen LogP contribution < -0.4 is 4.90 Å². The monoisotopic (exact) mass is 404 g/mol. The lowest BCUT2D eigenvalue weighted by Gasteiger charge is -2.13. The summed E-state index contributed by atoms with van der Waals surface area (Å²) < 4.78 is 1.04. The van der Waals surface area contributed by atoms with Crippen molar-refractivity contribution < 1.29 is 0 Å². The second-order valence-corrected chi connectivity index (χ2v) is 7.18. The standard InChI is InChI=1S/C21H17BrN4/c1-26(2)17-8-6-14(7-9-17)20-11-18(15-4-3-5-16(22)10-15)19-12-23-13-24-21(19)25-20/h3-13H,1-2H3.